The van der Waals surface area contributed by atoms with Crippen molar-refractivity contribution in [1.82, 2.24) is 19.9 Å². The molecule has 0 bridgehead atoms. The molecule has 3 aromatic rings. The van der Waals surface area contributed by atoms with Crippen molar-refractivity contribution in [1.29, 1.82) is 0 Å². The van der Waals surface area contributed by atoms with Crippen molar-refractivity contribution in [3.63, 3.8) is 0 Å². The molecule has 1 N–H and O–H groups in total. The number of carbonyl (C=O) groups excluding carboxylic acids is 1. The van der Waals surface area contributed by atoms with Crippen molar-refractivity contribution in [2.45, 2.75) is 32.2 Å². The molecule has 28 heavy (non-hydrogen) atoms. The van der Waals surface area contributed by atoms with Gasteiger partial charge in [-0.25, -0.2) is 0 Å². The van der Waals surface area contributed by atoms with E-state index >= 15 is 0 Å². The van der Waals surface area contributed by atoms with Gasteiger partial charge >= 0.3 is 0 Å². The second-order valence-corrected chi connectivity index (χ2v) is 7.09. The summed E-state index contributed by atoms with van der Waals surface area (Å²) in [5.41, 5.74) is 3.05. The maximum Gasteiger partial charge on any atom is 0.244 e. The highest BCUT2D eigenvalue weighted by Gasteiger charge is 2.09. The second kappa shape index (κ2) is 8.69. The van der Waals surface area contributed by atoms with Crippen LogP contribution in [-0.2, 0) is 11.3 Å². The molecule has 1 aromatic carbocycles. The maximum absolute atomic E-state index is 12.1. The second-order valence-electron chi connectivity index (χ2n) is 7.09. The fourth-order valence-corrected chi connectivity index (χ4v) is 3.53. The number of hydrogen-bond donors (Lipinski definition) is 1. The van der Waals surface area contributed by atoms with Crippen LogP contribution < -0.4 is 10.2 Å². The van der Waals surface area contributed by atoms with Crippen LogP contribution in [0.1, 0.15) is 37.1 Å². The van der Waals surface area contributed by atoms with Gasteiger partial charge in [0.25, 0.3) is 0 Å². The average Bonchev–Trinajstić information content (AvgIpc) is 2.95. The molecule has 2 aromatic heterocycles. The Balaban J connectivity index is 1.32. The number of anilines is 1. The zero-order valence-electron chi connectivity index (χ0n) is 15.9. The lowest BCUT2D eigenvalue weighted by atomic mass is 10.1. The van der Waals surface area contributed by atoms with E-state index in [2.05, 4.69) is 44.7 Å². The van der Waals surface area contributed by atoms with Crippen LogP contribution in [0.15, 0.2) is 54.7 Å². The molecule has 1 fully saturated rings. The van der Waals surface area contributed by atoms with Crippen LogP contribution in [0.25, 0.3) is 11.7 Å². The van der Waals surface area contributed by atoms with Crippen LogP contribution in [0.3, 0.4) is 0 Å². The molecule has 1 saturated heterocycles. The zero-order valence-corrected chi connectivity index (χ0v) is 15.9. The lowest BCUT2D eigenvalue weighted by Crippen LogP contribution is -2.23. The molecule has 0 saturated carbocycles. The summed E-state index contributed by atoms with van der Waals surface area (Å²) in [7, 11) is 0. The Kier molecular flexibility index (Phi) is 5.66. The average molecular weight is 375 g/mol. The smallest absolute Gasteiger partial charge is 0.244 e. The van der Waals surface area contributed by atoms with Crippen molar-refractivity contribution in [2.24, 2.45) is 0 Å². The Morgan fingerprint density at radius 2 is 1.79 bits per heavy atom. The monoisotopic (exact) mass is 375 g/mol. The normalized spacial score (nSPS) is 15.1. The molecule has 6 heteroatoms. The first kappa shape index (κ1) is 18.2. The van der Waals surface area contributed by atoms with Gasteiger partial charge < -0.3 is 10.2 Å². The van der Waals surface area contributed by atoms with E-state index in [0.29, 0.717) is 12.4 Å². The Hall–Kier alpha value is -3.15. The number of pyridine rings is 1. The van der Waals surface area contributed by atoms with Crippen molar-refractivity contribution < 1.29 is 4.79 Å². The summed E-state index contributed by atoms with van der Waals surface area (Å²) in [6.07, 6.45) is 10.5. The molecule has 1 aliphatic rings. The number of fused-ring (bicyclic) bond motifs is 1. The van der Waals surface area contributed by atoms with E-state index in [1.807, 2.05) is 34.9 Å². The van der Waals surface area contributed by atoms with Gasteiger partial charge in [-0.15, -0.1) is 10.2 Å². The molecule has 1 aliphatic heterocycles. The minimum Gasteiger partial charge on any atom is -0.372 e. The van der Waals surface area contributed by atoms with Gasteiger partial charge in [-0.1, -0.05) is 31.0 Å². The molecule has 0 radical (unpaired) electrons. The quantitative estimate of drug-likeness (QED) is 0.694. The summed E-state index contributed by atoms with van der Waals surface area (Å²) >= 11 is 0. The number of hydrogen-bond acceptors (Lipinski definition) is 4. The van der Waals surface area contributed by atoms with Crippen molar-refractivity contribution >= 4 is 23.3 Å². The summed E-state index contributed by atoms with van der Waals surface area (Å²) in [5, 5.41) is 11.1. The van der Waals surface area contributed by atoms with Crippen molar-refractivity contribution in [3.8, 4) is 0 Å². The summed E-state index contributed by atoms with van der Waals surface area (Å²) in [5.74, 6) is 0.559. The third kappa shape index (κ3) is 4.39. The zero-order chi connectivity index (χ0) is 19.2. The lowest BCUT2D eigenvalue weighted by Gasteiger charge is -2.22. The maximum atomic E-state index is 12.1. The first-order valence-electron chi connectivity index (χ1n) is 9.89. The first-order valence-corrected chi connectivity index (χ1v) is 9.89. The number of carbonyl (C=O) groups is 1. The van der Waals surface area contributed by atoms with Gasteiger partial charge in [0.1, 0.15) is 0 Å². The van der Waals surface area contributed by atoms with Crippen molar-refractivity contribution in [2.75, 3.05) is 18.0 Å². The van der Waals surface area contributed by atoms with Gasteiger partial charge in [-0.2, -0.15) is 0 Å². The molecule has 4 rings (SSSR count). The summed E-state index contributed by atoms with van der Waals surface area (Å²) in [6, 6.07) is 14.1. The molecule has 1 amide bonds. The van der Waals surface area contributed by atoms with Crippen LogP contribution in [0.2, 0.25) is 0 Å². The van der Waals surface area contributed by atoms with E-state index in [0.717, 1.165) is 24.3 Å². The molecule has 0 unspecified atom stereocenters. The van der Waals surface area contributed by atoms with E-state index in [4.69, 9.17) is 0 Å². The van der Waals surface area contributed by atoms with E-state index in [1.54, 1.807) is 6.08 Å². The number of nitrogens with one attached hydrogen (secondary N) is 1. The van der Waals surface area contributed by atoms with Crippen molar-refractivity contribution in [3.05, 3.63) is 66.1 Å². The molecule has 0 aliphatic carbocycles. The van der Waals surface area contributed by atoms with Gasteiger partial charge in [0, 0.05) is 31.0 Å². The summed E-state index contributed by atoms with van der Waals surface area (Å²) in [6.45, 7) is 2.60. The van der Waals surface area contributed by atoms with Gasteiger partial charge in [0.05, 0.1) is 6.54 Å². The highest BCUT2D eigenvalue weighted by Crippen LogP contribution is 2.20. The number of rotatable bonds is 5. The first-order chi connectivity index (χ1) is 13.8. The molecule has 3 heterocycles. The summed E-state index contributed by atoms with van der Waals surface area (Å²) in [4.78, 5) is 14.6. The fraction of sp³-hybridized carbons (Fsp3) is 0.318. The fourth-order valence-electron chi connectivity index (χ4n) is 3.53. The highest BCUT2D eigenvalue weighted by atomic mass is 16.1. The molecule has 0 spiro atoms. The molecule has 6 nitrogen and oxygen atoms in total. The van der Waals surface area contributed by atoms with E-state index in [9.17, 15) is 4.79 Å². The van der Waals surface area contributed by atoms with E-state index < -0.39 is 0 Å². The van der Waals surface area contributed by atoms with E-state index in [1.165, 1.54) is 31.4 Å². The van der Waals surface area contributed by atoms with Crippen LogP contribution in [0.4, 0.5) is 5.69 Å². The minimum absolute atomic E-state index is 0.149. The number of nitrogens with zero attached hydrogens (tertiary/aromatic N) is 4. The van der Waals surface area contributed by atoms with Gasteiger partial charge in [0.15, 0.2) is 11.5 Å². The Bertz CT molecular complexity index is 952. The lowest BCUT2D eigenvalue weighted by molar-refractivity contribution is -0.116. The SMILES string of the molecule is O=C(/C=C/c1ccc(N2CCCCCC2)cc1)NCc1nnc2ccccn12. The predicted molar refractivity (Wildman–Crippen MR) is 111 cm³/mol. The van der Waals surface area contributed by atoms with Gasteiger partial charge in [-0.3, -0.25) is 9.20 Å². The molecule has 144 valence electrons. The predicted octanol–water partition coefficient (Wildman–Crippen LogP) is 3.44. The highest BCUT2D eigenvalue weighted by molar-refractivity contribution is 5.91. The molecular weight excluding hydrogens is 350 g/mol. The van der Waals surface area contributed by atoms with Crippen LogP contribution in [0.5, 0.6) is 0 Å². The third-order valence-corrected chi connectivity index (χ3v) is 5.10. The number of aromatic nitrogens is 3. The van der Waals surface area contributed by atoms with Crippen LogP contribution in [-0.4, -0.2) is 33.6 Å². The Labute approximate surface area is 164 Å². The standard InChI is InChI=1S/C22H25N5O/c28-22(23-17-21-25-24-20-7-3-6-16-27(20)21)13-10-18-8-11-19(12-9-18)26-14-4-1-2-5-15-26/h3,6-13,16H,1-2,4-5,14-15,17H2,(H,23,28)/b13-10+. The largest absolute Gasteiger partial charge is 0.372 e. The van der Waals surface area contributed by atoms with Gasteiger partial charge in [0.2, 0.25) is 5.91 Å². The van der Waals surface area contributed by atoms with Crippen LogP contribution >= 0.6 is 0 Å². The topological polar surface area (TPSA) is 62.5 Å². The Morgan fingerprint density at radius 3 is 2.57 bits per heavy atom. The third-order valence-electron chi connectivity index (χ3n) is 5.10. The summed E-state index contributed by atoms with van der Waals surface area (Å²) < 4.78 is 1.87. The van der Waals surface area contributed by atoms with Gasteiger partial charge in [-0.05, 0) is 48.7 Å². The number of amides is 1. The van der Waals surface area contributed by atoms with Crippen LogP contribution in [0, 0.1) is 0 Å². The minimum atomic E-state index is -0.149. The molecular formula is C22H25N5O. The Morgan fingerprint density at radius 1 is 1.00 bits per heavy atom. The molecule has 0 atom stereocenters. The van der Waals surface area contributed by atoms with E-state index in [-0.39, 0.29) is 5.91 Å². The number of benzene rings is 1.